The van der Waals surface area contributed by atoms with E-state index in [1.807, 2.05) is 54.7 Å². The number of nitrogens with zero attached hydrogens (tertiary/aromatic N) is 2. The number of carbonyl (C=O) groups is 1. The van der Waals surface area contributed by atoms with Gasteiger partial charge in [0, 0.05) is 32.4 Å². The number of para-hydroxylation sites is 1. The average Bonchev–Trinajstić information content (AvgIpc) is 2.80. The van der Waals surface area contributed by atoms with Crippen molar-refractivity contribution < 1.29 is 9.53 Å². The van der Waals surface area contributed by atoms with Crippen LogP contribution in [0.4, 0.5) is 0 Å². The van der Waals surface area contributed by atoms with E-state index < -0.39 is 0 Å². The maximum Gasteiger partial charge on any atom is 0.255 e. The summed E-state index contributed by atoms with van der Waals surface area (Å²) in [6.07, 6.45) is 3.83. The van der Waals surface area contributed by atoms with Gasteiger partial charge in [0.05, 0.1) is 11.3 Å². The van der Waals surface area contributed by atoms with Gasteiger partial charge in [-0.3, -0.25) is 14.7 Å². The number of amides is 1. The van der Waals surface area contributed by atoms with Crippen LogP contribution < -0.4 is 10.1 Å². The van der Waals surface area contributed by atoms with Gasteiger partial charge in [-0.05, 0) is 49.6 Å². The zero-order valence-corrected chi connectivity index (χ0v) is 18.0. The highest BCUT2D eigenvalue weighted by Gasteiger charge is 2.22. The maximum atomic E-state index is 12.8. The van der Waals surface area contributed by atoms with Gasteiger partial charge in [-0.2, -0.15) is 0 Å². The van der Waals surface area contributed by atoms with Crippen molar-refractivity contribution in [2.24, 2.45) is 0 Å². The molecule has 1 saturated heterocycles. The van der Waals surface area contributed by atoms with Crippen molar-refractivity contribution in [1.29, 1.82) is 0 Å². The van der Waals surface area contributed by atoms with E-state index in [1.54, 1.807) is 0 Å². The molecule has 160 valence electrons. The lowest BCUT2D eigenvalue weighted by molar-refractivity contribution is 0.0887. The summed E-state index contributed by atoms with van der Waals surface area (Å²) in [6, 6.07) is 21.7. The van der Waals surface area contributed by atoms with Gasteiger partial charge in [0.2, 0.25) is 0 Å². The zero-order chi connectivity index (χ0) is 21.5. The Bertz CT molecular complexity index is 998. The second-order valence-electron chi connectivity index (χ2n) is 8.08. The highest BCUT2D eigenvalue weighted by atomic mass is 16.5. The van der Waals surface area contributed by atoms with Crippen molar-refractivity contribution in [2.75, 3.05) is 13.1 Å². The summed E-state index contributed by atoms with van der Waals surface area (Å²) in [5, 5.41) is 3.02. The Labute approximate surface area is 184 Å². The summed E-state index contributed by atoms with van der Waals surface area (Å²) in [5.74, 6) is 0.553. The van der Waals surface area contributed by atoms with E-state index in [1.165, 1.54) is 5.56 Å². The van der Waals surface area contributed by atoms with E-state index in [0.29, 0.717) is 17.9 Å². The van der Waals surface area contributed by atoms with Gasteiger partial charge in [0.25, 0.3) is 5.91 Å². The summed E-state index contributed by atoms with van der Waals surface area (Å²) in [4.78, 5) is 19.6. The molecule has 1 aromatic heterocycles. The maximum absolute atomic E-state index is 12.8. The Hall–Kier alpha value is -3.18. The fraction of sp³-hybridized carbons (Fsp3) is 0.308. The van der Waals surface area contributed by atoms with Gasteiger partial charge in [-0.15, -0.1) is 0 Å². The first kappa shape index (κ1) is 21.1. The van der Waals surface area contributed by atoms with Crippen LogP contribution in [0, 0.1) is 6.92 Å². The van der Waals surface area contributed by atoms with E-state index in [2.05, 4.69) is 40.3 Å². The number of likely N-dealkylation sites (tertiary alicyclic amines) is 1. The standard InChI is InChI=1S/C26H29N3O2/c1-20-7-6-8-21(17-20)18-28-26(30)24-10-2-3-11-25(24)31-23-12-15-29(16-13-23)19-22-9-4-5-14-27-22/h2-11,14,17,23H,12-13,15-16,18-19H2,1H3,(H,28,30). The molecule has 31 heavy (non-hydrogen) atoms. The number of aryl methyl sites for hydroxylation is 1. The summed E-state index contributed by atoms with van der Waals surface area (Å²) in [6.45, 7) is 5.34. The fourth-order valence-electron chi connectivity index (χ4n) is 3.94. The lowest BCUT2D eigenvalue weighted by atomic mass is 10.1. The molecule has 1 aliphatic rings. The Morgan fingerprint density at radius 3 is 2.65 bits per heavy atom. The van der Waals surface area contributed by atoms with Crippen LogP contribution in [0.2, 0.25) is 0 Å². The van der Waals surface area contributed by atoms with E-state index >= 15 is 0 Å². The minimum Gasteiger partial charge on any atom is -0.489 e. The Balaban J connectivity index is 1.32. The quantitative estimate of drug-likeness (QED) is 0.623. The molecule has 0 saturated carbocycles. The van der Waals surface area contributed by atoms with Crippen molar-refractivity contribution in [2.45, 2.75) is 39.0 Å². The molecule has 1 amide bonds. The molecule has 0 atom stereocenters. The van der Waals surface area contributed by atoms with Crippen LogP contribution >= 0.6 is 0 Å². The number of carbonyl (C=O) groups excluding carboxylic acids is 1. The number of piperidine rings is 1. The summed E-state index contributed by atoms with van der Waals surface area (Å²) < 4.78 is 6.27. The minimum atomic E-state index is -0.107. The van der Waals surface area contributed by atoms with Gasteiger partial charge < -0.3 is 10.1 Å². The van der Waals surface area contributed by atoms with Crippen LogP contribution in [0.15, 0.2) is 72.9 Å². The fourth-order valence-corrected chi connectivity index (χ4v) is 3.94. The monoisotopic (exact) mass is 415 g/mol. The number of hydrogen-bond donors (Lipinski definition) is 1. The van der Waals surface area contributed by atoms with E-state index in [4.69, 9.17) is 4.74 Å². The molecule has 2 heterocycles. The van der Waals surface area contributed by atoms with Crippen LogP contribution in [0.25, 0.3) is 0 Å². The van der Waals surface area contributed by atoms with Gasteiger partial charge >= 0.3 is 0 Å². The molecule has 2 aromatic carbocycles. The van der Waals surface area contributed by atoms with E-state index in [0.717, 1.165) is 43.7 Å². The molecule has 0 unspecified atom stereocenters. The molecular weight excluding hydrogens is 386 g/mol. The Morgan fingerprint density at radius 1 is 1.06 bits per heavy atom. The lowest BCUT2D eigenvalue weighted by Gasteiger charge is -2.32. The first-order chi connectivity index (χ1) is 15.2. The van der Waals surface area contributed by atoms with E-state index in [-0.39, 0.29) is 12.0 Å². The number of benzene rings is 2. The molecule has 0 bridgehead atoms. The predicted octanol–water partition coefficient (Wildman–Crippen LogP) is 4.36. The molecule has 4 rings (SSSR count). The van der Waals surface area contributed by atoms with Crippen LogP contribution in [-0.2, 0) is 13.1 Å². The molecule has 5 nitrogen and oxygen atoms in total. The number of ether oxygens (including phenoxy) is 1. The molecular formula is C26H29N3O2. The molecule has 0 spiro atoms. The molecule has 0 aliphatic carbocycles. The van der Waals surface area contributed by atoms with Crippen molar-refractivity contribution in [3.63, 3.8) is 0 Å². The van der Waals surface area contributed by atoms with Crippen LogP contribution in [0.3, 0.4) is 0 Å². The zero-order valence-electron chi connectivity index (χ0n) is 18.0. The van der Waals surface area contributed by atoms with Gasteiger partial charge in [-0.1, -0.05) is 48.0 Å². The second kappa shape index (κ2) is 10.2. The summed E-state index contributed by atoms with van der Waals surface area (Å²) in [7, 11) is 0. The number of hydrogen-bond acceptors (Lipinski definition) is 4. The van der Waals surface area contributed by atoms with Gasteiger partial charge in [0.1, 0.15) is 11.9 Å². The van der Waals surface area contributed by atoms with Gasteiger partial charge in [0.15, 0.2) is 0 Å². The number of rotatable bonds is 7. The van der Waals surface area contributed by atoms with Crippen LogP contribution in [-0.4, -0.2) is 35.0 Å². The topological polar surface area (TPSA) is 54.5 Å². The van der Waals surface area contributed by atoms with Crippen LogP contribution in [0.1, 0.15) is 40.0 Å². The Morgan fingerprint density at radius 2 is 1.87 bits per heavy atom. The van der Waals surface area contributed by atoms with Crippen molar-refractivity contribution in [1.82, 2.24) is 15.2 Å². The normalized spacial score (nSPS) is 14.9. The number of nitrogens with one attached hydrogen (secondary N) is 1. The largest absolute Gasteiger partial charge is 0.489 e. The molecule has 0 radical (unpaired) electrons. The van der Waals surface area contributed by atoms with Crippen molar-refractivity contribution in [3.05, 3.63) is 95.3 Å². The number of aromatic nitrogens is 1. The highest BCUT2D eigenvalue weighted by Crippen LogP contribution is 2.24. The summed E-state index contributed by atoms with van der Waals surface area (Å²) >= 11 is 0. The second-order valence-corrected chi connectivity index (χ2v) is 8.08. The van der Waals surface area contributed by atoms with Crippen LogP contribution in [0.5, 0.6) is 5.75 Å². The Kier molecular flexibility index (Phi) is 6.95. The van der Waals surface area contributed by atoms with Gasteiger partial charge in [-0.25, -0.2) is 0 Å². The third-order valence-corrected chi connectivity index (χ3v) is 5.61. The third kappa shape index (κ3) is 5.92. The SMILES string of the molecule is Cc1cccc(CNC(=O)c2ccccc2OC2CCN(Cc3ccccn3)CC2)c1. The van der Waals surface area contributed by atoms with Crippen molar-refractivity contribution >= 4 is 5.91 Å². The molecule has 1 N–H and O–H groups in total. The third-order valence-electron chi connectivity index (χ3n) is 5.61. The number of pyridine rings is 1. The summed E-state index contributed by atoms with van der Waals surface area (Å²) in [5.41, 5.74) is 3.96. The first-order valence-corrected chi connectivity index (χ1v) is 10.9. The molecule has 1 aliphatic heterocycles. The van der Waals surface area contributed by atoms with Crippen molar-refractivity contribution in [3.8, 4) is 5.75 Å². The first-order valence-electron chi connectivity index (χ1n) is 10.9. The molecule has 5 heteroatoms. The smallest absolute Gasteiger partial charge is 0.255 e. The molecule has 3 aromatic rings. The minimum absolute atomic E-state index is 0.107. The predicted molar refractivity (Wildman–Crippen MR) is 122 cm³/mol. The average molecular weight is 416 g/mol. The van der Waals surface area contributed by atoms with E-state index in [9.17, 15) is 4.79 Å². The molecule has 1 fully saturated rings. The lowest BCUT2D eigenvalue weighted by Crippen LogP contribution is -2.38. The highest BCUT2D eigenvalue weighted by molar-refractivity contribution is 5.96.